The number of benzene rings is 1. The lowest BCUT2D eigenvalue weighted by Gasteiger charge is -2.33. The van der Waals surface area contributed by atoms with E-state index >= 15 is 0 Å². The summed E-state index contributed by atoms with van der Waals surface area (Å²) < 4.78 is 15.1. The van der Waals surface area contributed by atoms with Crippen LogP contribution in [-0.2, 0) is 0 Å². The molecule has 0 atom stereocenters. The molecule has 7 heteroatoms. The van der Waals surface area contributed by atoms with Crippen LogP contribution in [0.25, 0.3) is 16.7 Å². The first kappa shape index (κ1) is 14.1. The molecule has 3 heterocycles. The second-order valence-corrected chi connectivity index (χ2v) is 5.76. The van der Waals surface area contributed by atoms with Crippen molar-refractivity contribution in [2.75, 3.05) is 38.1 Å². The Labute approximate surface area is 133 Å². The van der Waals surface area contributed by atoms with Gasteiger partial charge in [-0.1, -0.05) is 6.07 Å². The number of hydrogen-bond acceptors (Lipinski definition) is 5. The van der Waals surface area contributed by atoms with Gasteiger partial charge in [0.25, 0.3) is 0 Å². The highest BCUT2D eigenvalue weighted by molar-refractivity contribution is 5.87. The van der Waals surface area contributed by atoms with Crippen LogP contribution in [0.3, 0.4) is 0 Å². The van der Waals surface area contributed by atoms with Crippen molar-refractivity contribution in [3.8, 4) is 5.69 Å². The summed E-state index contributed by atoms with van der Waals surface area (Å²) in [6, 6.07) is 6.35. The normalized spacial score (nSPS) is 16.2. The van der Waals surface area contributed by atoms with Gasteiger partial charge in [-0.2, -0.15) is 5.10 Å². The van der Waals surface area contributed by atoms with E-state index in [4.69, 9.17) is 0 Å². The Morgan fingerprint density at radius 1 is 1.09 bits per heavy atom. The van der Waals surface area contributed by atoms with Gasteiger partial charge in [0.1, 0.15) is 18.0 Å². The van der Waals surface area contributed by atoms with E-state index in [-0.39, 0.29) is 5.82 Å². The molecule has 0 radical (unpaired) electrons. The van der Waals surface area contributed by atoms with E-state index in [2.05, 4.69) is 31.9 Å². The number of aromatic nitrogens is 4. The first-order valence-corrected chi connectivity index (χ1v) is 7.60. The molecule has 0 saturated carbocycles. The molecule has 0 spiro atoms. The summed E-state index contributed by atoms with van der Waals surface area (Å²) in [4.78, 5) is 13.3. The van der Waals surface area contributed by atoms with Gasteiger partial charge in [0.2, 0.25) is 0 Å². The lowest BCUT2D eigenvalue weighted by Crippen LogP contribution is -2.44. The van der Waals surface area contributed by atoms with Crippen molar-refractivity contribution < 1.29 is 4.39 Å². The molecule has 0 unspecified atom stereocenters. The van der Waals surface area contributed by atoms with Gasteiger partial charge in [0.05, 0.1) is 17.3 Å². The molecule has 1 aliphatic rings. The van der Waals surface area contributed by atoms with Crippen molar-refractivity contribution >= 4 is 16.9 Å². The minimum Gasteiger partial charge on any atom is -0.353 e. The van der Waals surface area contributed by atoms with Crippen LogP contribution in [0.15, 0.2) is 36.8 Å². The fourth-order valence-corrected chi connectivity index (χ4v) is 2.90. The maximum atomic E-state index is 13.5. The number of piperazine rings is 1. The average molecular weight is 312 g/mol. The van der Waals surface area contributed by atoms with Gasteiger partial charge in [-0.15, -0.1) is 0 Å². The smallest absolute Gasteiger partial charge is 0.168 e. The zero-order valence-corrected chi connectivity index (χ0v) is 12.9. The SMILES string of the molecule is CN1CCN(c2ncnc3c2cnn3-c2cccc(F)c2)CC1. The van der Waals surface area contributed by atoms with Gasteiger partial charge in [0, 0.05) is 26.2 Å². The van der Waals surface area contributed by atoms with E-state index in [1.807, 2.05) is 6.07 Å². The number of anilines is 1. The number of likely N-dealkylation sites (N-methyl/N-ethyl adjacent to an activating group) is 1. The number of hydrogen-bond donors (Lipinski definition) is 0. The summed E-state index contributed by atoms with van der Waals surface area (Å²) in [6.07, 6.45) is 3.31. The Morgan fingerprint density at radius 2 is 1.91 bits per heavy atom. The molecule has 118 valence electrons. The van der Waals surface area contributed by atoms with Crippen LogP contribution in [0.1, 0.15) is 0 Å². The van der Waals surface area contributed by atoms with Crippen LogP contribution in [-0.4, -0.2) is 57.9 Å². The summed E-state index contributed by atoms with van der Waals surface area (Å²) >= 11 is 0. The molecule has 3 aromatic rings. The molecular formula is C16H17FN6. The predicted molar refractivity (Wildman–Crippen MR) is 86.3 cm³/mol. The summed E-state index contributed by atoms with van der Waals surface area (Å²) in [7, 11) is 2.12. The highest BCUT2D eigenvalue weighted by atomic mass is 19.1. The Bertz CT molecular complexity index is 837. The van der Waals surface area contributed by atoms with Gasteiger partial charge >= 0.3 is 0 Å². The highest BCUT2D eigenvalue weighted by Crippen LogP contribution is 2.25. The molecule has 23 heavy (non-hydrogen) atoms. The first-order valence-electron chi connectivity index (χ1n) is 7.60. The third kappa shape index (κ3) is 2.53. The molecule has 1 fully saturated rings. The zero-order chi connectivity index (χ0) is 15.8. The minimum absolute atomic E-state index is 0.292. The molecule has 0 bridgehead atoms. The van der Waals surface area contributed by atoms with E-state index in [1.54, 1.807) is 23.3 Å². The molecule has 2 aromatic heterocycles. The second-order valence-electron chi connectivity index (χ2n) is 5.76. The third-order valence-corrected chi connectivity index (χ3v) is 4.20. The van der Waals surface area contributed by atoms with Crippen LogP contribution in [0.5, 0.6) is 0 Å². The van der Waals surface area contributed by atoms with Gasteiger partial charge in [-0.25, -0.2) is 19.0 Å². The monoisotopic (exact) mass is 312 g/mol. The van der Waals surface area contributed by atoms with Crippen molar-refractivity contribution in [1.29, 1.82) is 0 Å². The average Bonchev–Trinajstić information content (AvgIpc) is 3.00. The third-order valence-electron chi connectivity index (χ3n) is 4.20. The summed E-state index contributed by atoms with van der Waals surface area (Å²) in [5.74, 6) is 0.602. The number of nitrogens with zero attached hydrogens (tertiary/aromatic N) is 6. The quantitative estimate of drug-likeness (QED) is 0.721. The summed E-state index contributed by atoms with van der Waals surface area (Å²) in [6.45, 7) is 3.86. The van der Waals surface area contributed by atoms with E-state index in [0.717, 1.165) is 37.4 Å². The van der Waals surface area contributed by atoms with Crippen molar-refractivity contribution in [3.63, 3.8) is 0 Å². The van der Waals surface area contributed by atoms with Crippen LogP contribution < -0.4 is 4.90 Å². The summed E-state index contributed by atoms with van der Waals surface area (Å²) in [5.41, 5.74) is 1.35. The van der Waals surface area contributed by atoms with Crippen LogP contribution >= 0.6 is 0 Å². The van der Waals surface area contributed by atoms with Gasteiger partial charge in [-0.3, -0.25) is 0 Å². The lowest BCUT2D eigenvalue weighted by molar-refractivity contribution is 0.312. The molecular weight excluding hydrogens is 295 g/mol. The van der Waals surface area contributed by atoms with Crippen LogP contribution in [0.2, 0.25) is 0 Å². The molecule has 1 saturated heterocycles. The maximum absolute atomic E-state index is 13.5. The topological polar surface area (TPSA) is 50.1 Å². The van der Waals surface area contributed by atoms with Crippen LogP contribution in [0.4, 0.5) is 10.2 Å². The molecule has 1 aliphatic heterocycles. The van der Waals surface area contributed by atoms with Gasteiger partial charge < -0.3 is 9.80 Å². The number of halogens is 1. The highest BCUT2D eigenvalue weighted by Gasteiger charge is 2.19. The largest absolute Gasteiger partial charge is 0.353 e. The van der Waals surface area contributed by atoms with E-state index < -0.39 is 0 Å². The summed E-state index contributed by atoms with van der Waals surface area (Å²) in [5, 5.41) is 5.28. The standard InChI is InChI=1S/C16H17FN6/c1-21-5-7-22(8-6-21)15-14-10-20-23(16(14)19-11-18-15)13-4-2-3-12(17)9-13/h2-4,9-11H,5-8H2,1H3. The Hall–Kier alpha value is -2.54. The maximum Gasteiger partial charge on any atom is 0.168 e. The molecule has 0 aliphatic carbocycles. The van der Waals surface area contributed by atoms with E-state index in [0.29, 0.717) is 11.3 Å². The first-order chi connectivity index (χ1) is 11.2. The Kier molecular flexibility index (Phi) is 3.42. The number of rotatable bonds is 2. The predicted octanol–water partition coefficient (Wildman–Crippen LogP) is 1.71. The molecule has 1 aromatic carbocycles. The Morgan fingerprint density at radius 3 is 2.70 bits per heavy atom. The van der Waals surface area contributed by atoms with Crippen molar-refractivity contribution in [2.24, 2.45) is 0 Å². The van der Waals surface area contributed by atoms with Gasteiger partial charge in [-0.05, 0) is 25.2 Å². The molecule has 0 N–H and O–H groups in total. The zero-order valence-electron chi connectivity index (χ0n) is 12.9. The minimum atomic E-state index is -0.292. The van der Waals surface area contributed by atoms with Crippen LogP contribution in [0, 0.1) is 5.82 Å². The fourth-order valence-electron chi connectivity index (χ4n) is 2.90. The lowest BCUT2D eigenvalue weighted by atomic mass is 10.3. The van der Waals surface area contributed by atoms with Gasteiger partial charge in [0.15, 0.2) is 5.65 Å². The van der Waals surface area contributed by atoms with E-state index in [1.165, 1.54) is 12.1 Å². The Balaban J connectivity index is 1.78. The van der Waals surface area contributed by atoms with Crippen molar-refractivity contribution in [3.05, 3.63) is 42.6 Å². The molecule has 6 nitrogen and oxygen atoms in total. The van der Waals surface area contributed by atoms with Crippen molar-refractivity contribution in [1.82, 2.24) is 24.6 Å². The number of fused-ring (bicyclic) bond motifs is 1. The second kappa shape index (κ2) is 5.58. The van der Waals surface area contributed by atoms with Crippen molar-refractivity contribution in [2.45, 2.75) is 0 Å². The molecule has 4 rings (SSSR count). The fraction of sp³-hybridized carbons (Fsp3) is 0.312. The molecule has 0 amide bonds. The van der Waals surface area contributed by atoms with E-state index in [9.17, 15) is 4.39 Å².